The molecule has 0 aliphatic heterocycles. The highest BCUT2D eigenvalue weighted by atomic mass is 16.5. The van der Waals surface area contributed by atoms with Crippen LogP contribution in [0.2, 0.25) is 0 Å². The van der Waals surface area contributed by atoms with Gasteiger partial charge < -0.3 is 4.74 Å². The molecule has 7 nitrogen and oxygen atoms in total. The van der Waals surface area contributed by atoms with Gasteiger partial charge in [-0.05, 0) is 5.53 Å². The maximum atomic E-state index is 11.6. The molecule has 0 aliphatic carbocycles. The summed E-state index contributed by atoms with van der Waals surface area (Å²) in [6, 6.07) is 9.83. The van der Waals surface area contributed by atoms with Crippen LogP contribution in [0.15, 0.2) is 54.0 Å². The van der Waals surface area contributed by atoms with Gasteiger partial charge in [-0.25, -0.2) is 9.78 Å². The molecule has 100 valence electrons. The number of nitrogens with zero attached hydrogens (tertiary/aromatic N) is 5. The van der Waals surface area contributed by atoms with E-state index in [1.165, 1.54) is 6.20 Å². The lowest BCUT2D eigenvalue weighted by Crippen LogP contribution is -2.35. The lowest BCUT2D eigenvalue weighted by atomic mass is 10.2. The molecule has 0 bridgehead atoms. The number of rotatable bonds is 5. The average molecular weight is 270 g/mol. The van der Waals surface area contributed by atoms with Crippen molar-refractivity contribution in [2.45, 2.75) is 6.54 Å². The Hall–Kier alpha value is -2.92. The highest BCUT2D eigenvalue weighted by molar-refractivity contribution is 5.86. The van der Waals surface area contributed by atoms with Crippen molar-refractivity contribution in [2.24, 2.45) is 5.11 Å². The number of aromatic nitrogens is 2. The molecule has 0 amide bonds. The van der Waals surface area contributed by atoms with E-state index < -0.39 is 5.97 Å². The molecule has 2 aromatic rings. The lowest BCUT2D eigenvalue weighted by molar-refractivity contribution is -0.689. The van der Waals surface area contributed by atoms with E-state index in [9.17, 15) is 4.79 Å². The van der Waals surface area contributed by atoms with Crippen LogP contribution in [-0.4, -0.2) is 17.7 Å². The van der Waals surface area contributed by atoms with Crippen LogP contribution in [0, 0.1) is 0 Å². The molecule has 0 atom stereocenters. The third-order valence-electron chi connectivity index (χ3n) is 2.49. The molecule has 0 N–H and O–H groups in total. The van der Waals surface area contributed by atoms with Crippen molar-refractivity contribution in [3.63, 3.8) is 0 Å². The van der Waals surface area contributed by atoms with Gasteiger partial charge in [-0.1, -0.05) is 35.4 Å². The summed E-state index contributed by atoms with van der Waals surface area (Å²) in [5.41, 5.74) is 9.38. The van der Waals surface area contributed by atoms with Crippen LogP contribution in [0.25, 0.3) is 10.4 Å². The van der Waals surface area contributed by atoms with Gasteiger partial charge >= 0.3 is 5.97 Å². The first kappa shape index (κ1) is 13.5. The molecule has 7 heteroatoms. The molecule has 2 rings (SSSR count). The summed E-state index contributed by atoms with van der Waals surface area (Å²) in [5.74, 6) is -0.625. The largest absolute Gasteiger partial charge is 0.455 e. The smallest absolute Gasteiger partial charge is 0.363 e. The predicted molar refractivity (Wildman–Crippen MR) is 69.4 cm³/mol. The Bertz CT molecular complexity index is 638. The van der Waals surface area contributed by atoms with Crippen molar-refractivity contribution >= 4 is 5.97 Å². The van der Waals surface area contributed by atoms with E-state index in [0.717, 1.165) is 5.56 Å². The van der Waals surface area contributed by atoms with E-state index in [2.05, 4.69) is 15.0 Å². The van der Waals surface area contributed by atoms with Crippen LogP contribution >= 0.6 is 0 Å². The third-order valence-corrected chi connectivity index (χ3v) is 2.49. The van der Waals surface area contributed by atoms with Crippen LogP contribution in [0.1, 0.15) is 16.1 Å². The molecule has 20 heavy (non-hydrogen) atoms. The summed E-state index contributed by atoms with van der Waals surface area (Å²) in [7, 11) is 0. The monoisotopic (exact) mass is 270 g/mol. The fourth-order valence-corrected chi connectivity index (χ4v) is 1.62. The molecule has 0 saturated heterocycles. The first-order chi connectivity index (χ1) is 9.79. The molecule has 0 fully saturated rings. The van der Waals surface area contributed by atoms with Crippen molar-refractivity contribution < 1.29 is 14.1 Å². The number of azide groups is 1. The van der Waals surface area contributed by atoms with E-state index in [-0.39, 0.29) is 12.4 Å². The van der Waals surface area contributed by atoms with Crippen LogP contribution in [0.5, 0.6) is 0 Å². The van der Waals surface area contributed by atoms with Crippen molar-refractivity contribution in [2.75, 3.05) is 6.73 Å². The van der Waals surface area contributed by atoms with Crippen molar-refractivity contribution in [1.29, 1.82) is 0 Å². The van der Waals surface area contributed by atoms with Crippen molar-refractivity contribution in [1.82, 2.24) is 4.98 Å². The van der Waals surface area contributed by atoms with Crippen LogP contribution in [0.4, 0.5) is 0 Å². The van der Waals surface area contributed by atoms with Gasteiger partial charge in [0.1, 0.15) is 0 Å². The van der Waals surface area contributed by atoms with Crippen LogP contribution in [-0.2, 0) is 11.3 Å². The van der Waals surface area contributed by atoms with Gasteiger partial charge in [-0.2, -0.15) is 4.57 Å². The van der Waals surface area contributed by atoms with E-state index in [0.29, 0.717) is 6.54 Å². The zero-order valence-corrected chi connectivity index (χ0v) is 10.6. The molecular formula is C13H12N5O2+. The first-order valence-electron chi connectivity index (χ1n) is 5.86. The summed E-state index contributed by atoms with van der Waals surface area (Å²) in [6.07, 6.45) is 4.87. The Morgan fingerprint density at radius 2 is 2.20 bits per heavy atom. The summed E-state index contributed by atoms with van der Waals surface area (Å²) >= 11 is 0. The Morgan fingerprint density at radius 3 is 2.95 bits per heavy atom. The number of carbonyl (C=O) groups excluding carboxylic acids is 1. The van der Waals surface area contributed by atoms with Gasteiger partial charge in [-0.3, -0.25) is 0 Å². The summed E-state index contributed by atoms with van der Waals surface area (Å²) in [5, 5.41) is 3.13. The van der Waals surface area contributed by atoms with Gasteiger partial charge in [-0.15, -0.1) is 0 Å². The molecule has 0 unspecified atom stereocenters. The van der Waals surface area contributed by atoms with Gasteiger partial charge in [0.15, 0.2) is 19.5 Å². The van der Waals surface area contributed by atoms with Gasteiger partial charge in [0, 0.05) is 10.5 Å². The Balaban J connectivity index is 2.07. The molecule has 0 saturated carbocycles. The van der Waals surface area contributed by atoms with E-state index in [4.69, 9.17) is 10.3 Å². The third kappa shape index (κ3) is 3.79. The molecule has 1 aromatic heterocycles. The second-order valence-corrected chi connectivity index (χ2v) is 3.89. The van der Waals surface area contributed by atoms with Crippen LogP contribution < -0.4 is 4.57 Å². The summed E-state index contributed by atoms with van der Waals surface area (Å²) in [4.78, 5) is 18.1. The molecular weight excluding hydrogens is 258 g/mol. The Morgan fingerprint density at radius 1 is 1.40 bits per heavy atom. The Labute approximate surface area is 115 Å². The minimum Gasteiger partial charge on any atom is -0.455 e. The van der Waals surface area contributed by atoms with Crippen LogP contribution in [0.3, 0.4) is 0 Å². The first-order valence-corrected chi connectivity index (χ1v) is 5.86. The summed E-state index contributed by atoms with van der Waals surface area (Å²) in [6.45, 7) is 0.282. The minimum atomic E-state index is -0.625. The standard InChI is InChI=1S/C13H12N5O2/c14-17-16-10-20-13(19)12-9-18(7-6-15-12)8-11-4-2-1-3-5-11/h1-7,9H,8,10H2/q+1. The number of ether oxygens (including phenoxy) is 1. The molecule has 1 heterocycles. The number of benzene rings is 1. The normalized spacial score (nSPS) is 9.60. The fraction of sp³-hybridized carbons (Fsp3) is 0.154. The lowest BCUT2D eigenvalue weighted by Gasteiger charge is -2.00. The van der Waals surface area contributed by atoms with Gasteiger partial charge in [0.2, 0.25) is 11.9 Å². The second kappa shape index (κ2) is 6.86. The molecule has 1 aromatic carbocycles. The number of carbonyl (C=O) groups is 1. The second-order valence-electron chi connectivity index (χ2n) is 3.89. The minimum absolute atomic E-state index is 0.163. The average Bonchev–Trinajstić information content (AvgIpc) is 2.49. The zero-order chi connectivity index (χ0) is 14.2. The van der Waals surface area contributed by atoms with Crippen molar-refractivity contribution in [3.8, 4) is 0 Å². The van der Waals surface area contributed by atoms with E-state index >= 15 is 0 Å². The summed E-state index contributed by atoms with van der Waals surface area (Å²) < 4.78 is 6.56. The predicted octanol–water partition coefficient (Wildman–Crippen LogP) is 1.84. The number of hydrogen-bond acceptors (Lipinski definition) is 4. The number of esters is 1. The topological polar surface area (TPSA) is 91.8 Å². The number of hydrogen-bond donors (Lipinski definition) is 0. The Kier molecular flexibility index (Phi) is 4.64. The zero-order valence-electron chi connectivity index (χ0n) is 10.6. The van der Waals surface area contributed by atoms with Gasteiger partial charge in [0.25, 0.3) is 0 Å². The molecule has 0 radical (unpaired) electrons. The van der Waals surface area contributed by atoms with E-state index in [1.807, 2.05) is 34.9 Å². The fourth-order valence-electron chi connectivity index (χ4n) is 1.62. The maximum absolute atomic E-state index is 11.6. The quantitative estimate of drug-likeness (QED) is 0.273. The van der Waals surface area contributed by atoms with E-state index in [1.54, 1.807) is 12.4 Å². The molecule has 0 aliphatic rings. The SMILES string of the molecule is [N-]=[N+]=NCOC(=O)c1c[n+](Cc2ccccc2)ccn1. The highest BCUT2D eigenvalue weighted by Gasteiger charge is 2.13. The van der Waals surface area contributed by atoms with Gasteiger partial charge in [0.05, 0.1) is 6.20 Å². The maximum Gasteiger partial charge on any atom is 0.363 e. The highest BCUT2D eigenvalue weighted by Crippen LogP contribution is 1.99. The van der Waals surface area contributed by atoms with Crippen molar-refractivity contribution in [3.05, 3.63) is 70.6 Å². The molecule has 0 spiro atoms.